The van der Waals surface area contributed by atoms with Crippen LogP contribution >= 0.6 is 39.2 Å². The minimum Gasteiger partial charge on any atom is -0.508 e. The van der Waals surface area contributed by atoms with E-state index in [1.807, 2.05) is 13.8 Å². The predicted octanol–water partition coefficient (Wildman–Crippen LogP) is 6.23. The summed E-state index contributed by atoms with van der Waals surface area (Å²) < 4.78 is 18.9. The van der Waals surface area contributed by atoms with Crippen LogP contribution in [-0.4, -0.2) is 16.7 Å². The minimum atomic E-state index is -3.14. The molecule has 2 rings (SSSR count). The third-order valence-electron chi connectivity index (χ3n) is 3.37. The lowest BCUT2D eigenvalue weighted by molar-refractivity contribution is 0.453. The van der Waals surface area contributed by atoms with Crippen LogP contribution in [-0.2, 0) is 10.7 Å². The highest BCUT2D eigenvalue weighted by Crippen LogP contribution is 2.44. The molecule has 7 heteroatoms. The van der Waals surface area contributed by atoms with Crippen molar-refractivity contribution in [2.45, 2.75) is 25.9 Å². The molecule has 0 aliphatic carbocycles. The van der Waals surface area contributed by atoms with E-state index in [1.165, 1.54) is 6.66 Å². The van der Waals surface area contributed by atoms with Gasteiger partial charge in [0.1, 0.15) is 11.5 Å². The zero-order chi connectivity index (χ0) is 18.1. The highest BCUT2D eigenvalue weighted by atomic mass is 79.9. The Morgan fingerprint density at radius 1 is 1.17 bits per heavy atom. The first kappa shape index (κ1) is 19.5. The van der Waals surface area contributed by atoms with E-state index in [2.05, 4.69) is 31.9 Å². The van der Waals surface area contributed by atoms with E-state index in [4.69, 9.17) is 4.74 Å². The zero-order valence-electron chi connectivity index (χ0n) is 13.6. The predicted molar refractivity (Wildman–Crippen MR) is 104 cm³/mol. The number of halogens is 2. The Kier molecular flexibility index (Phi) is 6.19. The number of hydrogen-bond donors (Lipinski definition) is 2. The molecule has 2 N–H and O–H groups in total. The quantitative estimate of drug-likeness (QED) is 0.500. The van der Waals surface area contributed by atoms with Gasteiger partial charge in [-0.2, -0.15) is 0 Å². The van der Waals surface area contributed by atoms with E-state index in [0.29, 0.717) is 20.4 Å². The van der Waals surface area contributed by atoms with Gasteiger partial charge in [0.25, 0.3) is 0 Å². The van der Waals surface area contributed by atoms with Crippen molar-refractivity contribution >= 4 is 39.2 Å². The van der Waals surface area contributed by atoms with E-state index in [1.54, 1.807) is 30.3 Å². The Morgan fingerprint density at radius 2 is 1.75 bits per heavy atom. The van der Waals surface area contributed by atoms with Crippen molar-refractivity contribution in [2.24, 2.45) is 0 Å². The van der Waals surface area contributed by atoms with Crippen molar-refractivity contribution in [3.8, 4) is 17.2 Å². The summed E-state index contributed by atoms with van der Waals surface area (Å²) in [6.45, 7) is 5.33. The van der Waals surface area contributed by atoms with Crippen LogP contribution in [0.1, 0.15) is 30.9 Å². The van der Waals surface area contributed by atoms with Crippen LogP contribution < -0.4 is 4.74 Å². The Balaban J connectivity index is 2.34. The second-order valence-electron chi connectivity index (χ2n) is 6.08. The van der Waals surface area contributed by atoms with Gasteiger partial charge in [-0.3, -0.25) is 4.57 Å². The summed E-state index contributed by atoms with van der Waals surface area (Å²) in [6.07, 6.45) is 0.0984. The SMILES string of the molecule is CC(C)c1cc(Oc2c(Br)cc(CP(C)(=O)O)cc2Br)ccc1O. The van der Waals surface area contributed by atoms with Crippen LogP contribution in [0.3, 0.4) is 0 Å². The average molecular weight is 478 g/mol. The summed E-state index contributed by atoms with van der Waals surface area (Å²) >= 11 is 6.90. The molecule has 2 aromatic rings. The van der Waals surface area contributed by atoms with E-state index >= 15 is 0 Å². The van der Waals surface area contributed by atoms with Gasteiger partial charge >= 0.3 is 0 Å². The second kappa shape index (κ2) is 7.61. The fraction of sp³-hybridized carbons (Fsp3) is 0.294. The van der Waals surface area contributed by atoms with Gasteiger partial charge in [0, 0.05) is 18.4 Å². The van der Waals surface area contributed by atoms with Crippen molar-refractivity contribution in [1.82, 2.24) is 0 Å². The van der Waals surface area contributed by atoms with Gasteiger partial charge < -0.3 is 14.7 Å². The highest BCUT2D eigenvalue weighted by Gasteiger charge is 2.16. The average Bonchev–Trinajstić information content (AvgIpc) is 2.42. The molecular formula is C17H19Br2O4P. The van der Waals surface area contributed by atoms with Crippen molar-refractivity contribution in [2.75, 3.05) is 6.66 Å². The molecule has 0 saturated carbocycles. The fourth-order valence-corrected chi connectivity index (χ4v) is 4.62. The molecule has 0 bridgehead atoms. The second-order valence-corrected chi connectivity index (χ2v) is 10.2. The molecule has 0 aliphatic rings. The van der Waals surface area contributed by atoms with Gasteiger partial charge in [-0.05, 0) is 73.7 Å². The summed E-state index contributed by atoms with van der Waals surface area (Å²) in [5, 5.41) is 9.90. The number of ether oxygens (including phenoxy) is 1. The number of hydrogen-bond acceptors (Lipinski definition) is 3. The first-order chi connectivity index (χ1) is 11.1. The van der Waals surface area contributed by atoms with Gasteiger partial charge in [0.15, 0.2) is 5.75 Å². The number of benzene rings is 2. The van der Waals surface area contributed by atoms with Crippen molar-refractivity contribution < 1.29 is 19.3 Å². The molecule has 0 spiro atoms. The van der Waals surface area contributed by atoms with E-state index in [0.717, 1.165) is 11.1 Å². The monoisotopic (exact) mass is 476 g/mol. The Morgan fingerprint density at radius 3 is 2.25 bits per heavy atom. The summed E-state index contributed by atoms with van der Waals surface area (Å²) in [6, 6.07) is 8.66. The van der Waals surface area contributed by atoms with Gasteiger partial charge in [-0.1, -0.05) is 13.8 Å². The first-order valence-electron chi connectivity index (χ1n) is 7.35. The van der Waals surface area contributed by atoms with E-state index in [-0.39, 0.29) is 17.8 Å². The molecule has 0 fully saturated rings. The number of aromatic hydroxyl groups is 1. The number of rotatable bonds is 5. The molecule has 1 atom stereocenters. The largest absolute Gasteiger partial charge is 0.508 e. The molecule has 0 aliphatic heterocycles. The Labute approximate surface area is 158 Å². The Hall–Kier alpha value is -0.810. The summed E-state index contributed by atoms with van der Waals surface area (Å²) in [7, 11) is -3.14. The van der Waals surface area contributed by atoms with Crippen LogP contribution in [0.5, 0.6) is 17.2 Å². The Bertz CT molecular complexity index is 776. The summed E-state index contributed by atoms with van der Waals surface area (Å²) in [5.41, 5.74) is 1.55. The molecule has 0 aromatic heterocycles. The smallest absolute Gasteiger partial charge is 0.201 e. The van der Waals surface area contributed by atoms with Gasteiger partial charge in [0.05, 0.1) is 8.95 Å². The lowest BCUT2D eigenvalue weighted by atomic mass is 10.0. The third-order valence-corrected chi connectivity index (χ3v) is 5.50. The minimum absolute atomic E-state index is 0.0984. The molecule has 130 valence electrons. The van der Waals surface area contributed by atoms with Crippen LogP contribution in [0.15, 0.2) is 39.3 Å². The molecule has 24 heavy (non-hydrogen) atoms. The molecule has 0 amide bonds. The van der Waals surface area contributed by atoms with Crippen molar-refractivity contribution in [1.29, 1.82) is 0 Å². The highest BCUT2D eigenvalue weighted by molar-refractivity contribution is 9.11. The van der Waals surface area contributed by atoms with Crippen molar-refractivity contribution in [3.63, 3.8) is 0 Å². The fourth-order valence-electron chi connectivity index (χ4n) is 2.32. The number of phenolic OH excluding ortho intramolecular Hbond substituents is 1. The van der Waals surface area contributed by atoms with E-state index in [9.17, 15) is 14.6 Å². The number of phenols is 1. The first-order valence-corrected chi connectivity index (χ1v) is 11.2. The van der Waals surface area contributed by atoms with Crippen LogP contribution in [0.4, 0.5) is 0 Å². The lowest BCUT2D eigenvalue weighted by Crippen LogP contribution is -1.94. The van der Waals surface area contributed by atoms with Crippen LogP contribution in [0, 0.1) is 0 Å². The van der Waals surface area contributed by atoms with E-state index < -0.39 is 7.37 Å². The van der Waals surface area contributed by atoms with Crippen LogP contribution in [0.2, 0.25) is 0 Å². The standard InChI is InChI=1S/C17H19Br2O4P/c1-10(2)13-8-12(4-5-16(13)20)23-17-14(18)6-11(7-15(17)19)9-24(3,21)22/h4-8,10,20H,9H2,1-3H3,(H,21,22). The zero-order valence-corrected chi connectivity index (χ0v) is 17.7. The maximum Gasteiger partial charge on any atom is 0.201 e. The maximum atomic E-state index is 11.6. The molecule has 4 nitrogen and oxygen atoms in total. The molecule has 2 aromatic carbocycles. The third kappa shape index (κ3) is 5.09. The molecule has 0 heterocycles. The maximum absolute atomic E-state index is 11.6. The normalized spacial score (nSPS) is 13.8. The van der Waals surface area contributed by atoms with Crippen LogP contribution in [0.25, 0.3) is 0 Å². The van der Waals surface area contributed by atoms with Gasteiger partial charge in [-0.15, -0.1) is 0 Å². The van der Waals surface area contributed by atoms with Gasteiger partial charge in [-0.25, -0.2) is 0 Å². The lowest BCUT2D eigenvalue weighted by Gasteiger charge is -2.15. The molecular weight excluding hydrogens is 459 g/mol. The van der Waals surface area contributed by atoms with Crippen molar-refractivity contribution in [3.05, 3.63) is 50.4 Å². The molecule has 0 radical (unpaired) electrons. The topological polar surface area (TPSA) is 66.8 Å². The summed E-state index contributed by atoms with van der Waals surface area (Å²) in [5.74, 6) is 1.59. The van der Waals surface area contributed by atoms with Gasteiger partial charge in [0.2, 0.25) is 7.37 Å². The summed E-state index contributed by atoms with van der Waals surface area (Å²) in [4.78, 5) is 9.54. The molecule has 1 unspecified atom stereocenters. The molecule has 0 saturated heterocycles.